The van der Waals surface area contributed by atoms with E-state index in [1.807, 2.05) is 19.9 Å². The molecule has 0 fully saturated rings. The monoisotopic (exact) mass is 543 g/mol. The summed E-state index contributed by atoms with van der Waals surface area (Å²) in [5, 5.41) is 12.3. The first-order valence-electron chi connectivity index (χ1n) is 14.9. The molecule has 0 heterocycles. The summed E-state index contributed by atoms with van der Waals surface area (Å²) in [6, 6.07) is 35.2. The first-order valence-corrected chi connectivity index (χ1v) is 14.9. The molecule has 7 rings (SSSR count). The smallest absolute Gasteiger partial charge is 0.0473 e. The molecule has 0 saturated heterocycles. The average molecular weight is 544 g/mol. The minimum atomic E-state index is 0.790. The van der Waals surface area contributed by atoms with Crippen molar-refractivity contribution in [2.24, 2.45) is 0 Å². The molecule has 0 aliphatic rings. The van der Waals surface area contributed by atoms with Crippen LogP contribution >= 0.6 is 0 Å². The van der Waals surface area contributed by atoms with Crippen LogP contribution in [0.4, 0.5) is 5.69 Å². The van der Waals surface area contributed by atoms with E-state index in [9.17, 15) is 0 Å². The number of anilines is 1. The van der Waals surface area contributed by atoms with Crippen LogP contribution in [0.15, 0.2) is 110 Å². The first kappa shape index (κ1) is 27.3. The summed E-state index contributed by atoms with van der Waals surface area (Å²) in [5.41, 5.74) is 13.9. The maximum atomic E-state index is 6.77. The minimum absolute atomic E-state index is 0.790. The predicted molar refractivity (Wildman–Crippen MR) is 189 cm³/mol. The van der Waals surface area contributed by atoms with E-state index < -0.39 is 0 Å². The lowest BCUT2D eigenvalue weighted by Crippen LogP contribution is -2.01. The molecule has 2 N–H and O–H groups in total. The van der Waals surface area contributed by atoms with Crippen molar-refractivity contribution >= 4 is 71.7 Å². The highest BCUT2D eigenvalue weighted by Gasteiger charge is 2.19. The molecule has 0 unspecified atom stereocenters. The van der Waals surface area contributed by atoms with Crippen LogP contribution in [0.1, 0.15) is 48.6 Å². The van der Waals surface area contributed by atoms with Gasteiger partial charge in [-0.2, -0.15) is 0 Å². The molecular formula is C41H37N. The number of rotatable bonds is 4. The van der Waals surface area contributed by atoms with Crippen molar-refractivity contribution in [1.29, 1.82) is 0 Å². The van der Waals surface area contributed by atoms with E-state index in [2.05, 4.69) is 130 Å². The van der Waals surface area contributed by atoms with Crippen molar-refractivity contribution in [2.75, 3.05) is 5.73 Å². The van der Waals surface area contributed by atoms with Crippen molar-refractivity contribution in [3.8, 4) is 0 Å². The van der Waals surface area contributed by atoms with Crippen LogP contribution in [0.2, 0.25) is 0 Å². The standard InChI is InChI=1S/C39H31N.C2H6/c1-4-12-27-25(22-35-31-16-9-11-18-34(31)39(40)37-21-24(3)19-20-32(35)37)23-36-30-15-7-6-13-28(30)29-14-8-10-17-33(29)38(36)26(27)5-2;1-2/h4-21,23H,2,22,40H2,1,3H3;1-2H3/b12-4-;. The quantitative estimate of drug-likeness (QED) is 0.133. The summed E-state index contributed by atoms with van der Waals surface area (Å²) >= 11 is 0. The van der Waals surface area contributed by atoms with Gasteiger partial charge in [0, 0.05) is 16.5 Å². The number of hydrogen-bond donors (Lipinski definition) is 1. The molecular weight excluding hydrogens is 506 g/mol. The molecule has 206 valence electrons. The maximum absolute atomic E-state index is 6.77. The number of nitrogen functional groups attached to an aromatic ring is 1. The largest absolute Gasteiger partial charge is 0.398 e. The van der Waals surface area contributed by atoms with Gasteiger partial charge >= 0.3 is 0 Å². The van der Waals surface area contributed by atoms with Gasteiger partial charge in [-0.1, -0.05) is 129 Å². The van der Waals surface area contributed by atoms with E-state index in [0.717, 1.165) is 22.9 Å². The number of allylic oxidation sites excluding steroid dienone is 1. The molecule has 0 atom stereocenters. The number of nitrogens with two attached hydrogens (primary N) is 1. The second-order valence-electron chi connectivity index (χ2n) is 10.7. The highest BCUT2D eigenvalue weighted by molar-refractivity contribution is 6.27. The fraction of sp³-hybridized carbons (Fsp3) is 0.122. The Balaban J connectivity index is 0.00000155. The molecule has 1 nitrogen and oxygen atoms in total. The summed E-state index contributed by atoms with van der Waals surface area (Å²) in [5.74, 6) is 0. The Kier molecular flexibility index (Phi) is 7.27. The maximum Gasteiger partial charge on any atom is 0.0473 e. The lowest BCUT2D eigenvalue weighted by Gasteiger charge is -2.20. The van der Waals surface area contributed by atoms with Gasteiger partial charge in [-0.05, 0) is 97.7 Å². The van der Waals surface area contributed by atoms with Crippen LogP contribution in [0, 0.1) is 6.92 Å². The molecule has 0 aliphatic carbocycles. The van der Waals surface area contributed by atoms with Crippen molar-refractivity contribution in [3.05, 3.63) is 138 Å². The molecule has 1 heteroatoms. The van der Waals surface area contributed by atoms with Crippen molar-refractivity contribution < 1.29 is 0 Å². The summed E-state index contributed by atoms with van der Waals surface area (Å²) in [4.78, 5) is 0. The molecule has 42 heavy (non-hydrogen) atoms. The first-order chi connectivity index (χ1) is 20.6. The Morgan fingerprint density at radius 3 is 1.81 bits per heavy atom. The van der Waals surface area contributed by atoms with E-state index in [0.29, 0.717) is 0 Å². The van der Waals surface area contributed by atoms with Crippen LogP contribution in [-0.4, -0.2) is 0 Å². The summed E-state index contributed by atoms with van der Waals surface area (Å²) in [6.07, 6.45) is 7.23. The lowest BCUT2D eigenvalue weighted by atomic mass is 9.84. The number of hydrogen-bond acceptors (Lipinski definition) is 1. The van der Waals surface area contributed by atoms with Gasteiger partial charge in [0.1, 0.15) is 0 Å². The van der Waals surface area contributed by atoms with Crippen LogP contribution in [0.25, 0.3) is 66.0 Å². The lowest BCUT2D eigenvalue weighted by molar-refractivity contribution is 1.23. The molecule has 0 aliphatic heterocycles. The van der Waals surface area contributed by atoms with E-state index in [1.165, 1.54) is 70.9 Å². The third-order valence-corrected chi connectivity index (χ3v) is 8.43. The molecule has 7 aromatic carbocycles. The fourth-order valence-corrected chi connectivity index (χ4v) is 6.69. The van der Waals surface area contributed by atoms with Gasteiger partial charge in [0.2, 0.25) is 0 Å². The van der Waals surface area contributed by atoms with Gasteiger partial charge in [0.15, 0.2) is 0 Å². The molecule has 0 radical (unpaired) electrons. The Morgan fingerprint density at radius 1 is 0.619 bits per heavy atom. The Bertz CT molecular complexity index is 2180. The molecule has 0 bridgehead atoms. The third-order valence-electron chi connectivity index (χ3n) is 8.43. The Hall–Kier alpha value is -4.88. The van der Waals surface area contributed by atoms with Gasteiger partial charge in [0.25, 0.3) is 0 Å². The second kappa shape index (κ2) is 11.2. The van der Waals surface area contributed by atoms with E-state index >= 15 is 0 Å². The van der Waals surface area contributed by atoms with Crippen molar-refractivity contribution in [2.45, 2.75) is 34.1 Å². The van der Waals surface area contributed by atoms with E-state index in [4.69, 9.17) is 5.73 Å². The van der Waals surface area contributed by atoms with Crippen LogP contribution < -0.4 is 5.73 Å². The highest BCUT2D eigenvalue weighted by atomic mass is 14.6. The number of fused-ring (bicyclic) bond motifs is 8. The van der Waals surface area contributed by atoms with Gasteiger partial charge in [-0.3, -0.25) is 0 Å². The molecule has 0 saturated carbocycles. The van der Waals surface area contributed by atoms with E-state index in [1.54, 1.807) is 0 Å². The Labute approximate surface area is 248 Å². The summed E-state index contributed by atoms with van der Waals surface area (Å²) in [6.45, 7) is 12.6. The molecule has 7 aromatic rings. The predicted octanol–water partition coefficient (Wildman–Crippen LogP) is 11.6. The number of benzene rings is 7. The van der Waals surface area contributed by atoms with Crippen molar-refractivity contribution in [1.82, 2.24) is 0 Å². The topological polar surface area (TPSA) is 26.0 Å². The van der Waals surface area contributed by atoms with Crippen molar-refractivity contribution in [3.63, 3.8) is 0 Å². The van der Waals surface area contributed by atoms with Gasteiger partial charge in [-0.25, -0.2) is 0 Å². The fourth-order valence-electron chi connectivity index (χ4n) is 6.69. The summed E-state index contributed by atoms with van der Waals surface area (Å²) in [7, 11) is 0. The Morgan fingerprint density at radius 2 is 1.17 bits per heavy atom. The molecule has 0 spiro atoms. The average Bonchev–Trinajstić information content (AvgIpc) is 3.04. The zero-order valence-corrected chi connectivity index (χ0v) is 25.0. The van der Waals surface area contributed by atoms with Crippen LogP contribution in [-0.2, 0) is 6.42 Å². The molecule has 0 amide bonds. The summed E-state index contributed by atoms with van der Waals surface area (Å²) < 4.78 is 0. The minimum Gasteiger partial charge on any atom is -0.398 e. The molecule has 0 aromatic heterocycles. The normalized spacial score (nSPS) is 11.5. The third kappa shape index (κ3) is 4.25. The van der Waals surface area contributed by atoms with Gasteiger partial charge < -0.3 is 5.73 Å². The number of aryl methyl sites for hydroxylation is 1. The zero-order valence-electron chi connectivity index (χ0n) is 25.0. The SMILES string of the molecule is C=Cc1c(/C=C\C)c(Cc2c3ccccc3c(N)c3cc(C)ccc23)cc2c3ccccc3c3ccccc3c12.CC. The van der Waals surface area contributed by atoms with Gasteiger partial charge in [0.05, 0.1) is 0 Å². The van der Waals surface area contributed by atoms with Gasteiger partial charge in [-0.15, -0.1) is 0 Å². The second-order valence-corrected chi connectivity index (χ2v) is 10.7. The van der Waals surface area contributed by atoms with E-state index in [-0.39, 0.29) is 0 Å². The van der Waals surface area contributed by atoms with Crippen LogP contribution in [0.5, 0.6) is 0 Å². The highest BCUT2D eigenvalue weighted by Crippen LogP contribution is 2.42. The zero-order chi connectivity index (χ0) is 29.4. The van der Waals surface area contributed by atoms with Crippen LogP contribution in [0.3, 0.4) is 0 Å².